The minimum Gasteiger partial charge on any atom is -0.475 e. The molecule has 0 fully saturated rings. The van der Waals surface area contributed by atoms with Crippen molar-refractivity contribution in [2.45, 2.75) is 6.54 Å². The average molecular weight is 257 g/mol. The van der Waals surface area contributed by atoms with Crippen LogP contribution in [0, 0.1) is 0 Å². The van der Waals surface area contributed by atoms with Crippen LogP contribution in [0.4, 0.5) is 5.69 Å². The number of benzene rings is 1. The van der Waals surface area contributed by atoms with Crippen LogP contribution >= 0.6 is 0 Å². The number of aromatic nitrogens is 2. The molecule has 0 aliphatic rings. The highest BCUT2D eigenvalue weighted by molar-refractivity contribution is 5.84. The highest BCUT2D eigenvalue weighted by atomic mass is 16.4. The molecule has 0 bridgehead atoms. The van der Waals surface area contributed by atoms with E-state index in [2.05, 4.69) is 15.5 Å². The Balaban J connectivity index is 1.72. The number of hydrogen-bond donors (Lipinski definition) is 3. The molecule has 2 heterocycles. The number of nitrogens with one attached hydrogen (secondary N) is 2. The summed E-state index contributed by atoms with van der Waals surface area (Å²) in [6.45, 7) is 0.424. The Hall–Kier alpha value is -2.76. The summed E-state index contributed by atoms with van der Waals surface area (Å²) in [6.07, 6.45) is 1.75. The van der Waals surface area contributed by atoms with E-state index in [1.807, 2.05) is 18.2 Å². The number of anilines is 1. The summed E-state index contributed by atoms with van der Waals surface area (Å²) in [7, 11) is 0. The molecule has 0 amide bonds. The van der Waals surface area contributed by atoms with E-state index in [1.165, 1.54) is 6.07 Å². The molecule has 0 aliphatic carbocycles. The number of H-pyrrole nitrogens is 1. The van der Waals surface area contributed by atoms with Crippen molar-refractivity contribution in [3.05, 3.63) is 48.0 Å². The maximum Gasteiger partial charge on any atom is 0.371 e. The molecule has 3 N–H and O–H groups in total. The lowest BCUT2D eigenvalue weighted by Crippen LogP contribution is -1.98. The third-order valence-corrected chi connectivity index (χ3v) is 2.78. The van der Waals surface area contributed by atoms with Crippen LogP contribution in [-0.4, -0.2) is 21.3 Å². The highest BCUT2D eigenvalue weighted by Crippen LogP contribution is 2.17. The molecule has 2 aromatic heterocycles. The monoisotopic (exact) mass is 257 g/mol. The van der Waals surface area contributed by atoms with Crippen molar-refractivity contribution in [1.29, 1.82) is 0 Å². The largest absolute Gasteiger partial charge is 0.475 e. The third kappa shape index (κ3) is 2.28. The summed E-state index contributed by atoms with van der Waals surface area (Å²) < 4.78 is 5.16. The quantitative estimate of drug-likeness (QED) is 0.667. The Morgan fingerprint density at radius 2 is 2.26 bits per heavy atom. The van der Waals surface area contributed by atoms with Crippen LogP contribution in [0.2, 0.25) is 0 Å². The summed E-state index contributed by atoms with van der Waals surface area (Å²) in [5.41, 5.74) is 1.85. The van der Waals surface area contributed by atoms with Crippen molar-refractivity contribution in [2.24, 2.45) is 0 Å². The van der Waals surface area contributed by atoms with E-state index in [4.69, 9.17) is 9.52 Å². The molecule has 96 valence electrons. The molecular weight excluding hydrogens is 246 g/mol. The van der Waals surface area contributed by atoms with Crippen molar-refractivity contribution in [2.75, 3.05) is 5.32 Å². The Kier molecular flexibility index (Phi) is 2.68. The topological polar surface area (TPSA) is 91.1 Å². The minimum atomic E-state index is -1.06. The summed E-state index contributed by atoms with van der Waals surface area (Å²) in [5, 5.41) is 19.8. The smallest absolute Gasteiger partial charge is 0.371 e. The number of aromatic amines is 1. The second kappa shape index (κ2) is 4.49. The van der Waals surface area contributed by atoms with Gasteiger partial charge < -0.3 is 14.8 Å². The standard InChI is InChI=1S/C13H11N3O3/c17-13(18)12-4-3-10(19-12)7-14-9-2-1-8-6-15-16-11(8)5-9/h1-6,14H,7H2,(H,15,16)(H,17,18). The van der Waals surface area contributed by atoms with E-state index in [9.17, 15) is 4.79 Å². The second-order valence-electron chi connectivity index (χ2n) is 4.10. The number of carboxylic acids is 1. The lowest BCUT2D eigenvalue weighted by molar-refractivity contribution is 0.0660. The number of hydrogen-bond acceptors (Lipinski definition) is 4. The Morgan fingerprint density at radius 1 is 1.37 bits per heavy atom. The zero-order chi connectivity index (χ0) is 13.2. The number of furan rings is 1. The first-order valence-electron chi connectivity index (χ1n) is 5.71. The van der Waals surface area contributed by atoms with E-state index in [-0.39, 0.29) is 5.76 Å². The van der Waals surface area contributed by atoms with Crippen molar-refractivity contribution < 1.29 is 14.3 Å². The molecule has 19 heavy (non-hydrogen) atoms. The molecule has 3 rings (SSSR count). The van der Waals surface area contributed by atoms with Gasteiger partial charge in [-0.2, -0.15) is 5.10 Å². The van der Waals surface area contributed by atoms with Gasteiger partial charge in [-0.3, -0.25) is 5.10 Å². The molecule has 0 unspecified atom stereocenters. The number of fused-ring (bicyclic) bond motifs is 1. The van der Waals surface area contributed by atoms with E-state index in [1.54, 1.807) is 12.3 Å². The van der Waals surface area contributed by atoms with Crippen LogP contribution < -0.4 is 5.32 Å². The fourth-order valence-electron chi connectivity index (χ4n) is 1.82. The van der Waals surface area contributed by atoms with Gasteiger partial charge in [-0.15, -0.1) is 0 Å². The van der Waals surface area contributed by atoms with Crippen LogP contribution in [0.5, 0.6) is 0 Å². The van der Waals surface area contributed by atoms with E-state index in [0.29, 0.717) is 12.3 Å². The van der Waals surface area contributed by atoms with Crippen molar-refractivity contribution in [3.8, 4) is 0 Å². The first-order valence-corrected chi connectivity index (χ1v) is 5.71. The zero-order valence-electron chi connectivity index (χ0n) is 9.88. The van der Waals surface area contributed by atoms with Gasteiger partial charge in [-0.05, 0) is 30.3 Å². The Labute approximate surface area is 108 Å². The van der Waals surface area contributed by atoms with Gasteiger partial charge in [0, 0.05) is 11.1 Å². The van der Waals surface area contributed by atoms with E-state index < -0.39 is 5.97 Å². The molecule has 0 spiro atoms. The van der Waals surface area contributed by atoms with Gasteiger partial charge in [0.05, 0.1) is 18.3 Å². The fraction of sp³-hybridized carbons (Fsp3) is 0.0769. The van der Waals surface area contributed by atoms with E-state index >= 15 is 0 Å². The average Bonchev–Trinajstić information content (AvgIpc) is 3.04. The SMILES string of the molecule is O=C(O)c1ccc(CNc2ccc3cn[nH]c3c2)o1. The highest BCUT2D eigenvalue weighted by Gasteiger charge is 2.08. The molecule has 0 saturated heterocycles. The molecule has 0 saturated carbocycles. The molecule has 0 atom stereocenters. The maximum atomic E-state index is 10.7. The van der Waals surface area contributed by atoms with Crippen molar-refractivity contribution >= 4 is 22.6 Å². The van der Waals surface area contributed by atoms with Gasteiger partial charge in [-0.1, -0.05) is 0 Å². The summed E-state index contributed by atoms with van der Waals surface area (Å²) in [4.78, 5) is 10.7. The maximum absolute atomic E-state index is 10.7. The van der Waals surface area contributed by atoms with Gasteiger partial charge in [-0.25, -0.2) is 4.79 Å². The van der Waals surface area contributed by atoms with Crippen LogP contribution in [0.1, 0.15) is 16.3 Å². The van der Waals surface area contributed by atoms with Crippen molar-refractivity contribution in [3.63, 3.8) is 0 Å². The minimum absolute atomic E-state index is 0.0548. The van der Waals surface area contributed by atoms with Crippen molar-refractivity contribution in [1.82, 2.24) is 10.2 Å². The van der Waals surface area contributed by atoms with Crippen LogP contribution in [0.25, 0.3) is 10.9 Å². The Morgan fingerprint density at radius 3 is 3.05 bits per heavy atom. The summed E-state index contributed by atoms with van der Waals surface area (Å²) in [5.74, 6) is -0.548. The van der Waals surface area contributed by atoms with Gasteiger partial charge in [0.1, 0.15) is 5.76 Å². The van der Waals surface area contributed by atoms with Crippen LogP contribution in [0.3, 0.4) is 0 Å². The van der Waals surface area contributed by atoms with Crippen LogP contribution in [0.15, 0.2) is 40.9 Å². The number of carbonyl (C=O) groups is 1. The predicted molar refractivity (Wildman–Crippen MR) is 69.1 cm³/mol. The normalized spacial score (nSPS) is 10.7. The van der Waals surface area contributed by atoms with Gasteiger partial charge in [0.25, 0.3) is 0 Å². The first-order chi connectivity index (χ1) is 9.22. The lowest BCUT2D eigenvalue weighted by Gasteiger charge is -2.04. The fourth-order valence-corrected chi connectivity index (χ4v) is 1.82. The second-order valence-corrected chi connectivity index (χ2v) is 4.10. The molecule has 6 heteroatoms. The molecule has 6 nitrogen and oxygen atoms in total. The van der Waals surface area contributed by atoms with Gasteiger partial charge >= 0.3 is 5.97 Å². The number of carboxylic acid groups (broad SMARTS) is 1. The van der Waals surface area contributed by atoms with Gasteiger partial charge in [0.15, 0.2) is 0 Å². The molecule has 1 aromatic carbocycles. The molecular formula is C13H11N3O3. The summed E-state index contributed by atoms with van der Waals surface area (Å²) >= 11 is 0. The molecule has 0 aliphatic heterocycles. The lowest BCUT2D eigenvalue weighted by atomic mass is 10.2. The predicted octanol–water partition coefficient (Wildman–Crippen LogP) is 2.47. The molecule has 0 radical (unpaired) electrons. The number of nitrogens with zero attached hydrogens (tertiary/aromatic N) is 1. The number of rotatable bonds is 4. The molecule has 3 aromatic rings. The van der Waals surface area contributed by atoms with Crippen LogP contribution in [-0.2, 0) is 6.54 Å². The van der Waals surface area contributed by atoms with E-state index in [0.717, 1.165) is 16.6 Å². The first kappa shape index (κ1) is 11.3. The third-order valence-electron chi connectivity index (χ3n) is 2.78. The zero-order valence-corrected chi connectivity index (χ0v) is 9.88. The summed E-state index contributed by atoms with van der Waals surface area (Å²) in [6, 6.07) is 8.90. The Bertz CT molecular complexity index is 729. The van der Waals surface area contributed by atoms with Gasteiger partial charge in [0.2, 0.25) is 5.76 Å². The number of aromatic carboxylic acids is 1.